The van der Waals surface area contributed by atoms with E-state index in [0.29, 0.717) is 18.8 Å². The number of carbonyl (C=O) groups is 2. The number of aromatic amines is 1. The van der Waals surface area contributed by atoms with Gasteiger partial charge in [-0.25, -0.2) is 0 Å². The van der Waals surface area contributed by atoms with E-state index < -0.39 is 0 Å². The van der Waals surface area contributed by atoms with Gasteiger partial charge in [0.15, 0.2) is 0 Å². The Morgan fingerprint density at radius 1 is 1.21 bits per heavy atom. The van der Waals surface area contributed by atoms with Crippen LogP contribution in [0.5, 0.6) is 0 Å². The number of aromatic nitrogens is 2. The summed E-state index contributed by atoms with van der Waals surface area (Å²) < 4.78 is 0. The van der Waals surface area contributed by atoms with E-state index in [1.807, 2.05) is 18.2 Å². The maximum absolute atomic E-state index is 12.1. The van der Waals surface area contributed by atoms with Gasteiger partial charge in [-0.15, -0.1) is 6.42 Å². The number of ketones is 1. The van der Waals surface area contributed by atoms with Crippen molar-refractivity contribution in [1.29, 1.82) is 0 Å². The van der Waals surface area contributed by atoms with Gasteiger partial charge >= 0.3 is 0 Å². The van der Waals surface area contributed by atoms with Crippen LogP contribution < -0.4 is 21.7 Å². The number of rotatable bonds is 9. The molecule has 0 saturated heterocycles. The zero-order valence-corrected chi connectivity index (χ0v) is 15.8. The summed E-state index contributed by atoms with van der Waals surface area (Å²) in [4.78, 5) is 30.7. The van der Waals surface area contributed by atoms with Gasteiger partial charge in [-0.1, -0.05) is 0 Å². The minimum Gasteiger partial charge on any atom is -0.383 e. The van der Waals surface area contributed by atoms with Crippen LogP contribution >= 0.6 is 0 Å². The molecule has 29 heavy (non-hydrogen) atoms. The molecule has 0 unspecified atom stereocenters. The molecule has 3 aromatic rings. The standard InChI is InChI=1S/C21H22N6O2/c1-2-16(28)13-25-18-5-6-19(21-17(18)10-15(11-22)27-21)24-9-7-20(29)26-14-4-3-8-23-12-14/h1,3-6,8,10,12,24-25,27H,7,9,11,13,22H2,(H,26,29). The van der Waals surface area contributed by atoms with Crippen molar-refractivity contribution in [1.82, 2.24) is 9.97 Å². The summed E-state index contributed by atoms with van der Waals surface area (Å²) in [6.07, 6.45) is 8.65. The van der Waals surface area contributed by atoms with Gasteiger partial charge in [0.2, 0.25) is 11.7 Å². The molecule has 0 atom stereocenters. The summed E-state index contributed by atoms with van der Waals surface area (Å²) in [6.45, 7) is 0.848. The average Bonchev–Trinajstić information content (AvgIpc) is 3.18. The SMILES string of the molecule is C#CC(=O)CNc1ccc(NCCC(=O)Nc2cccnc2)c2[nH]c(CN)cc12. The van der Waals surface area contributed by atoms with Crippen LogP contribution in [0.15, 0.2) is 42.7 Å². The molecule has 0 saturated carbocycles. The zero-order valence-electron chi connectivity index (χ0n) is 15.8. The van der Waals surface area contributed by atoms with Crippen molar-refractivity contribution in [3.8, 4) is 12.3 Å². The Kier molecular flexibility index (Phi) is 6.45. The summed E-state index contributed by atoms with van der Waals surface area (Å²) in [5.41, 5.74) is 9.73. The van der Waals surface area contributed by atoms with Crippen LogP contribution in [-0.2, 0) is 16.1 Å². The number of Topliss-reactive ketones (excluding diaryl/α,β-unsaturated/α-hetero) is 1. The molecular weight excluding hydrogens is 368 g/mol. The van der Waals surface area contributed by atoms with Gasteiger partial charge in [0.1, 0.15) is 0 Å². The van der Waals surface area contributed by atoms with Crippen LogP contribution in [0, 0.1) is 12.3 Å². The van der Waals surface area contributed by atoms with E-state index in [1.165, 1.54) is 0 Å². The van der Waals surface area contributed by atoms with Gasteiger partial charge in [-0.3, -0.25) is 14.6 Å². The molecule has 2 aromatic heterocycles. The number of nitrogens with one attached hydrogen (secondary N) is 4. The van der Waals surface area contributed by atoms with Gasteiger partial charge < -0.3 is 26.7 Å². The number of nitrogens with zero attached hydrogens (tertiary/aromatic N) is 1. The molecule has 0 radical (unpaired) electrons. The zero-order chi connectivity index (χ0) is 20.6. The predicted molar refractivity (Wildman–Crippen MR) is 114 cm³/mol. The van der Waals surface area contributed by atoms with E-state index in [4.69, 9.17) is 12.2 Å². The number of nitrogens with two attached hydrogens (primary N) is 1. The monoisotopic (exact) mass is 390 g/mol. The molecule has 148 valence electrons. The number of fused-ring (bicyclic) bond motifs is 1. The predicted octanol–water partition coefficient (Wildman–Crippen LogP) is 2.08. The summed E-state index contributed by atoms with van der Waals surface area (Å²) in [7, 11) is 0. The number of H-pyrrole nitrogens is 1. The van der Waals surface area contributed by atoms with Crippen molar-refractivity contribution in [3.63, 3.8) is 0 Å². The highest BCUT2D eigenvalue weighted by molar-refractivity contribution is 6.03. The number of amides is 1. The van der Waals surface area contributed by atoms with Gasteiger partial charge in [0.05, 0.1) is 29.6 Å². The highest BCUT2D eigenvalue weighted by atomic mass is 16.1. The minimum atomic E-state index is -0.324. The Labute approximate surface area is 168 Å². The first-order chi connectivity index (χ1) is 14.1. The lowest BCUT2D eigenvalue weighted by Crippen LogP contribution is -2.16. The molecule has 1 amide bonds. The highest BCUT2D eigenvalue weighted by Gasteiger charge is 2.11. The Morgan fingerprint density at radius 3 is 2.76 bits per heavy atom. The molecule has 0 aliphatic heterocycles. The summed E-state index contributed by atoms with van der Waals surface area (Å²) in [5.74, 6) is 1.65. The highest BCUT2D eigenvalue weighted by Crippen LogP contribution is 2.30. The van der Waals surface area contributed by atoms with Gasteiger partial charge in [-0.05, 0) is 36.3 Å². The number of terminal acetylenes is 1. The fourth-order valence-electron chi connectivity index (χ4n) is 2.88. The third-order valence-electron chi connectivity index (χ3n) is 4.28. The van der Waals surface area contributed by atoms with Gasteiger partial charge in [-0.2, -0.15) is 0 Å². The lowest BCUT2D eigenvalue weighted by Gasteiger charge is -2.11. The lowest BCUT2D eigenvalue weighted by molar-refractivity contribution is -0.116. The van der Waals surface area contributed by atoms with E-state index >= 15 is 0 Å². The molecule has 6 N–H and O–H groups in total. The van der Waals surface area contributed by atoms with E-state index in [1.54, 1.807) is 24.5 Å². The molecule has 8 heteroatoms. The van der Waals surface area contributed by atoms with Crippen molar-refractivity contribution in [3.05, 3.63) is 48.4 Å². The smallest absolute Gasteiger partial charge is 0.226 e. The van der Waals surface area contributed by atoms with Crippen molar-refractivity contribution in [2.24, 2.45) is 5.73 Å². The van der Waals surface area contributed by atoms with E-state index in [9.17, 15) is 9.59 Å². The number of hydrogen-bond acceptors (Lipinski definition) is 6. The molecule has 0 aliphatic rings. The van der Waals surface area contributed by atoms with Crippen LogP contribution in [0.25, 0.3) is 10.9 Å². The number of carbonyl (C=O) groups excluding carboxylic acids is 2. The molecule has 0 bridgehead atoms. The third-order valence-corrected chi connectivity index (χ3v) is 4.28. The Hall–Kier alpha value is -3.83. The van der Waals surface area contributed by atoms with Crippen LogP contribution in [0.1, 0.15) is 12.1 Å². The Bertz CT molecular complexity index is 1050. The second-order valence-corrected chi connectivity index (χ2v) is 6.34. The third kappa shape index (κ3) is 5.12. The largest absolute Gasteiger partial charge is 0.383 e. The molecule has 0 fully saturated rings. The van der Waals surface area contributed by atoms with Crippen molar-refractivity contribution in [2.45, 2.75) is 13.0 Å². The number of hydrogen-bond donors (Lipinski definition) is 5. The van der Waals surface area contributed by atoms with Crippen LogP contribution in [0.3, 0.4) is 0 Å². The second kappa shape index (κ2) is 9.39. The van der Waals surface area contributed by atoms with Crippen LogP contribution in [0.4, 0.5) is 17.1 Å². The summed E-state index contributed by atoms with van der Waals surface area (Å²) >= 11 is 0. The van der Waals surface area contributed by atoms with E-state index in [2.05, 4.69) is 31.8 Å². The number of benzene rings is 1. The summed E-state index contributed by atoms with van der Waals surface area (Å²) in [5, 5.41) is 10.0. The number of anilines is 3. The quantitative estimate of drug-likeness (QED) is 0.281. The minimum absolute atomic E-state index is 0.0516. The normalized spacial score (nSPS) is 10.3. The van der Waals surface area contributed by atoms with Gasteiger partial charge in [0.25, 0.3) is 0 Å². The van der Waals surface area contributed by atoms with Crippen LogP contribution in [0.2, 0.25) is 0 Å². The molecular formula is C21H22N6O2. The van der Waals surface area contributed by atoms with Crippen molar-refractivity contribution >= 4 is 39.7 Å². The fraction of sp³-hybridized carbons (Fsp3) is 0.190. The maximum atomic E-state index is 12.1. The first-order valence-electron chi connectivity index (χ1n) is 9.12. The number of pyridine rings is 1. The molecule has 8 nitrogen and oxygen atoms in total. The fourth-order valence-corrected chi connectivity index (χ4v) is 2.88. The van der Waals surface area contributed by atoms with Crippen LogP contribution in [-0.4, -0.2) is 34.7 Å². The first kappa shape index (κ1) is 19.9. The average molecular weight is 390 g/mol. The lowest BCUT2D eigenvalue weighted by atomic mass is 10.1. The maximum Gasteiger partial charge on any atom is 0.226 e. The topological polar surface area (TPSA) is 125 Å². The van der Waals surface area contributed by atoms with Crippen molar-refractivity contribution < 1.29 is 9.59 Å². The van der Waals surface area contributed by atoms with E-state index in [0.717, 1.165) is 28.0 Å². The van der Waals surface area contributed by atoms with Gasteiger partial charge in [0, 0.05) is 42.5 Å². The van der Waals surface area contributed by atoms with E-state index in [-0.39, 0.29) is 24.7 Å². The molecule has 0 spiro atoms. The second-order valence-electron chi connectivity index (χ2n) is 6.34. The molecule has 0 aliphatic carbocycles. The Morgan fingerprint density at radius 2 is 2.03 bits per heavy atom. The first-order valence-corrected chi connectivity index (χ1v) is 9.12. The summed E-state index contributed by atoms with van der Waals surface area (Å²) in [6, 6.07) is 9.21. The van der Waals surface area contributed by atoms with Crippen molar-refractivity contribution in [2.75, 3.05) is 29.0 Å². The molecule has 3 rings (SSSR count). The molecule has 1 aromatic carbocycles. The molecule has 2 heterocycles. The Balaban J connectivity index is 1.67.